The molecular weight excluding hydrogens is 322 g/mol. The van der Waals surface area contributed by atoms with Crippen molar-refractivity contribution in [1.82, 2.24) is 0 Å². The van der Waals surface area contributed by atoms with Crippen molar-refractivity contribution in [2.75, 3.05) is 0 Å². The molecule has 2 atom stereocenters. The number of aliphatic carboxylic acids is 1. The highest BCUT2D eigenvalue weighted by molar-refractivity contribution is 9.09. The van der Waals surface area contributed by atoms with Crippen LogP contribution in [0.4, 0.5) is 5.69 Å². The van der Waals surface area contributed by atoms with E-state index in [1.165, 1.54) is 6.92 Å². The fourth-order valence-corrected chi connectivity index (χ4v) is 1.84. The van der Waals surface area contributed by atoms with Crippen LogP contribution < -0.4 is 0 Å². The van der Waals surface area contributed by atoms with Crippen molar-refractivity contribution >= 4 is 33.4 Å². The Morgan fingerprint density at radius 2 is 2.00 bits per heavy atom. The van der Waals surface area contributed by atoms with E-state index in [1.54, 1.807) is 0 Å². The number of alkyl halides is 1. The van der Waals surface area contributed by atoms with Crippen LogP contribution in [0.1, 0.15) is 29.0 Å². The fourth-order valence-electron chi connectivity index (χ4n) is 1.47. The highest BCUT2D eigenvalue weighted by atomic mass is 79.9. The molecule has 8 heteroatoms. The number of nitro benzene ring substituents is 1. The fraction of sp³-hybridized carbons (Fsp3) is 0.273. The number of aliphatic hydroxyl groups excluding tert-OH is 1. The molecule has 0 spiro atoms. The average Bonchev–Trinajstić information content (AvgIpc) is 2.35. The number of carboxylic acids is 1. The predicted octanol–water partition coefficient (Wildman–Crippen LogP) is 1.74. The number of ketones is 1. The number of Topliss-reactive ketones (excluding diaryl/α,β-unsaturated/α-hetero) is 1. The topological polar surface area (TPSA) is 118 Å². The lowest BCUT2D eigenvalue weighted by molar-refractivity contribution is -0.385. The third-order valence-corrected chi connectivity index (χ3v) is 3.57. The molecule has 0 saturated carbocycles. The molecule has 1 aromatic carbocycles. The lowest BCUT2D eigenvalue weighted by atomic mass is 10.0. The van der Waals surface area contributed by atoms with Crippen molar-refractivity contribution in [3.8, 4) is 0 Å². The molecule has 0 heterocycles. The number of aliphatic hydroxyl groups is 1. The van der Waals surface area contributed by atoms with Gasteiger partial charge in [0.15, 0.2) is 6.10 Å². The molecule has 2 N–H and O–H groups in total. The molecule has 1 rings (SSSR count). The number of hydrogen-bond acceptors (Lipinski definition) is 5. The highest BCUT2D eigenvalue weighted by Gasteiger charge is 2.26. The van der Waals surface area contributed by atoms with E-state index < -0.39 is 21.8 Å². The predicted molar refractivity (Wildman–Crippen MR) is 68.0 cm³/mol. The number of benzene rings is 1. The summed E-state index contributed by atoms with van der Waals surface area (Å²) >= 11 is 3.01. The minimum Gasteiger partial charge on any atom is -0.479 e. The lowest BCUT2D eigenvalue weighted by Crippen LogP contribution is -2.12. The number of carboxylic acid groups (broad SMARTS) is 1. The molecule has 0 aliphatic carbocycles. The Morgan fingerprint density at radius 1 is 1.42 bits per heavy atom. The normalized spacial score (nSPS) is 13.6. The van der Waals surface area contributed by atoms with Crippen LogP contribution in [0, 0.1) is 10.1 Å². The standard InChI is InChI=1S/C11H10BrNO6/c1-5(14)9(12)7-4-6(10(15)11(16)17)2-3-8(7)13(18)19/h2-4,9-10,15H,1H3,(H,16,17). The first-order chi connectivity index (χ1) is 8.75. The lowest BCUT2D eigenvalue weighted by Gasteiger charge is -2.11. The van der Waals surface area contributed by atoms with Crippen molar-refractivity contribution < 1.29 is 24.7 Å². The maximum atomic E-state index is 11.3. The van der Waals surface area contributed by atoms with Crippen molar-refractivity contribution in [2.45, 2.75) is 17.9 Å². The van der Waals surface area contributed by atoms with Gasteiger partial charge in [0.05, 0.1) is 10.5 Å². The molecule has 0 aliphatic heterocycles. The number of carbonyl (C=O) groups is 2. The summed E-state index contributed by atoms with van der Waals surface area (Å²) in [4.78, 5) is 31.2. The molecule has 0 bridgehead atoms. The monoisotopic (exact) mass is 331 g/mol. The molecule has 0 amide bonds. The van der Waals surface area contributed by atoms with Gasteiger partial charge in [-0.05, 0) is 24.6 Å². The van der Waals surface area contributed by atoms with Gasteiger partial charge in [-0.25, -0.2) is 4.79 Å². The summed E-state index contributed by atoms with van der Waals surface area (Å²) in [5.41, 5.74) is -0.340. The Morgan fingerprint density at radius 3 is 2.42 bits per heavy atom. The van der Waals surface area contributed by atoms with Gasteiger partial charge < -0.3 is 10.2 Å². The Hall–Kier alpha value is -1.80. The third-order valence-electron chi connectivity index (χ3n) is 2.43. The van der Waals surface area contributed by atoms with E-state index in [-0.39, 0.29) is 22.6 Å². The van der Waals surface area contributed by atoms with Gasteiger partial charge in [-0.15, -0.1) is 0 Å². The van der Waals surface area contributed by atoms with Crippen molar-refractivity contribution in [3.63, 3.8) is 0 Å². The molecule has 0 aromatic heterocycles. The molecule has 1 aromatic rings. The van der Waals surface area contributed by atoms with E-state index in [9.17, 15) is 24.8 Å². The van der Waals surface area contributed by atoms with Crippen LogP contribution in [0.5, 0.6) is 0 Å². The second-order valence-corrected chi connectivity index (χ2v) is 4.71. The molecule has 0 fully saturated rings. The van der Waals surface area contributed by atoms with Gasteiger partial charge in [0.2, 0.25) is 0 Å². The number of rotatable bonds is 5. The minimum absolute atomic E-state index is 0.00954. The van der Waals surface area contributed by atoms with Crippen LogP contribution in [-0.4, -0.2) is 26.9 Å². The van der Waals surface area contributed by atoms with Crippen LogP contribution in [0.25, 0.3) is 0 Å². The maximum absolute atomic E-state index is 11.3. The quantitative estimate of drug-likeness (QED) is 0.482. The third kappa shape index (κ3) is 3.36. The van der Waals surface area contributed by atoms with Crippen LogP contribution in [0.3, 0.4) is 0 Å². The Bertz CT molecular complexity index is 544. The molecule has 19 heavy (non-hydrogen) atoms. The summed E-state index contributed by atoms with van der Waals surface area (Å²) in [5.74, 6) is -1.85. The molecule has 0 radical (unpaired) electrons. The zero-order chi connectivity index (χ0) is 14.7. The highest BCUT2D eigenvalue weighted by Crippen LogP contribution is 2.33. The zero-order valence-electron chi connectivity index (χ0n) is 9.74. The minimum atomic E-state index is -1.80. The zero-order valence-corrected chi connectivity index (χ0v) is 11.3. The van der Waals surface area contributed by atoms with Gasteiger partial charge in [0.1, 0.15) is 10.6 Å². The summed E-state index contributed by atoms with van der Waals surface area (Å²) < 4.78 is 0. The summed E-state index contributed by atoms with van der Waals surface area (Å²) in [6.07, 6.45) is -1.80. The molecular formula is C11H10BrNO6. The summed E-state index contributed by atoms with van der Waals surface area (Å²) in [7, 11) is 0. The summed E-state index contributed by atoms with van der Waals surface area (Å²) in [5, 5.41) is 29.0. The second kappa shape index (κ2) is 5.89. The smallest absolute Gasteiger partial charge is 0.337 e. The number of halogens is 1. The number of carbonyl (C=O) groups excluding carboxylic acids is 1. The van der Waals surface area contributed by atoms with E-state index in [0.717, 1.165) is 18.2 Å². The van der Waals surface area contributed by atoms with Gasteiger partial charge in [0, 0.05) is 6.07 Å². The Labute approximate surface area is 116 Å². The molecule has 0 saturated heterocycles. The first-order valence-electron chi connectivity index (χ1n) is 5.09. The van der Waals surface area contributed by atoms with E-state index in [0.29, 0.717) is 0 Å². The molecule has 2 unspecified atom stereocenters. The van der Waals surface area contributed by atoms with E-state index in [2.05, 4.69) is 15.9 Å². The molecule has 0 aliphatic rings. The maximum Gasteiger partial charge on any atom is 0.337 e. The number of nitro groups is 1. The van der Waals surface area contributed by atoms with Crippen molar-refractivity contribution in [1.29, 1.82) is 0 Å². The van der Waals surface area contributed by atoms with Crippen LogP contribution >= 0.6 is 15.9 Å². The van der Waals surface area contributed by atoms with E-state index >= 15 is 0 Å². The van der Waals surface area contributed by atoms with Gasteiger partial charge in [0.25, 0.3) is 5.69 Å². The van der Waals surface area contributed by atoms with Crippen LogP contribution in [0.15, 0.2) is 18.2 Å². The molecule has 7 nitrogen and oxygen atoms in total. The van der Waals surface area contributed by atoms with Gasteiger partial charge >= 0.3 is 5.97 Å². The van der Waals surface area contributed by atoms with E-state index in [1.807, 2.05) is 0 Å². The Balaban J connectivity index is 3.38. The van der Waals surface area contributed by atoms with E-state index in [4.69, 9.17) is 5.11 Å². The second-order valence-electron chi connectivity index (χ2n) is 3.79. The van der Waals surface area contributed by atoms with Gasteiger partial charge in [-0.1, -0.05) is 15.9 Å². The van der Waals surface area contributed by atoms with Gasteiger partial charge in [-0.3, -0.25) is 14.9 Å². The largest absolute Gasteiger partial charge is 0.479 e. The van der Waals surface area contributed by atoms with Crippen molar-refractivity contribution in [3.05, 3.63) is 39.4 Å². The first-order valence-corrected chi connectivity index (χ1v) is 6.01. The van der Waals surface area contributed by atoms with Crippen LogP contribution in [-0.2, 0) is 9.59 Å². The van der Waals surface area contributed by atoms with Crippen molar-refractivity contribution in [2.24, 2.45) is 0 Å². The summed E-state index contributed by atoms with van der Waals surface area (Å²) in [6, 6.07) is 3.34. The van der Waals surface area contributed by atoms with Crippen LogP contribution in [0.2, 0.25) is 0 Å². The number of hydrogen-bond donors (Lipinski definition) is 2. The number of nitrogens with zero attached hydrogens (tertiary/aromatic N) is 1. The average molecular weight is 332 g/mol. The molecule has 102 valence electrons. The Kier molecular flexibility index (Phi) is 4.73. The first kappa shape index (κ1) is 15.3. The summed E-state index contributed by atoms with van der Waals surface area (Å²) in [6.45, 7) is 1.24. The SMILES string of the molecule is CC(=O)C(Br)c1cc(C(O)C(=O)O)ccc1[N+](=O)[O-]. The van der Waals surface area contributed by atoms with Gasteiger partial charge in [-0.2, -0.15) is 0 Å².